The third-order valence-corrected chi connectivity index (χ3v) is 4.03. The normalized spacial score (nSPS) is 25.4. The van der Waals surface area contributed by atoms with E-state index >= 15 is 0 Å². The standard InChI is InChI=1S/C13H26N4/c1-2-17-9-7-12(8-10-17)16-13(14)15-11-5-3-4-6-11/h11-12H,2-10H2,1H3,(H3,14,15,16). The third-order valence-electron chi connectivity index (χ3n) is 4.03. The summed E-state index contributed by atoms with van der Waals surface area (Å²) >= 11 is 0. The summed E-state index contributed by atoms with van der Waals surface area (Å²) in [5.41, 5.74) is 5.98. The van der Waals surface area contributed by atoms with Gasteiger partial charge in [0.1, 0.15) is 0 Å². The van der Waals surface area contributed by atoms with E-state index in [2.05, 4.69) is 22.1 Å². The van der Waals surface area contributed by atoms with Crippen LogP contribution >= 0.6 is 0 Å². The van der Waals surface area contributed by atoms with Crippen LogP contribution in [0.2, 0.25) is 0 Å². The van der Waals surface area contributed by atoms with Crippen molar-refractivity contribution in [3.8, 4) is 0 Å². The molecule has 0 spiro atoms. The molecule has 0 unspecified atom stereocenters. The van der Waals surface area contributed by atoms with Crippen LogP contribution in [0.4, 0.5) is 0 Å². The summed E-state index contributed by atoms with van der Waals surface area (Å²) in [6.45, 7) is 5.72. The molecule has 1 heterocycles. The molecule has 17 heavy (non-hydrogen) atoms. The average Bonchev–Trinajstić information content (AvgIpc) is 2.82. The minimum atomic E-state index is 0.437. The number of nitrogens with two attached hydrogens (primary N) is 1. The van der Waals surface area contributed by atoms with Gasteiger partial charge >= 0.3 is 0 Å². The van der Waals surface area contributed by atoms with E-state index < -0.39 is 0 Å². The van der Waals surface area contributed by atoms with Gasteiger partial charge in [-0.05, 0) is 32.2 Å². The molecule has 0 amide bonds. The second-order valence-electron chi connectivity index (χ2n) is 5.31. The van der Waals surface area contributed by atoms with Gasteiger partial charge in [0.2, 0.25) is 0 Å². The summed E-state index contributed by atoms with van der Waals surface area (Å²) in [6, 6.07) is 1.01. The molecule has 0 radical (unpaired) electrons. The van der Waals surface area contributed by atoms with E-state index in [9.17, 15) is 0 Å². The van der Waals surface area contributed by atoms with Crippen LogP contribution < -0.4 is 11.1 Å². The van der Waals surface area contributed by atoms with Crippen LogP contribution in [0.3, 0.4) is 0 Å². The zero-order chi connectivity index (χ0) is 12.1. The van der Waals surface area contributed by atoms with Gasteiger partial charge in [-0.1, -0.05) is 19.8 Å². The van der Waals surface area contributed by atoms with E-state index in [1.807, 2.05) is 0 Å². The minimum absolute atomic E-state index is 0.437. The van der Waals surface area contributed by atoms with Crippen LogP contribution in [0, 0.1) is 0 Å². The Morgan fingerprint density at radius 1 is 1.24 bits per heavy atom. The maximum atomic E-state index is 5.98. The summed E-state index contributed by atoms with van der Waals surface area (Å²) < 4.78 is 0. The van der Waals surface area contributed by atoms with Crippen LogP contribution in [0.1, 0.15) is 45.4 Å². The molecule has 0 aromatic heterocycles. The van der Waals surface area contributed by atoms with Gasteiger partial charge in [-0.15, -0.1) is 0 Å². The molecule has 2 aliphatic rings. The van der Waals surface area contributed by atoms with Gasteiger partial charge < -0.3 is 16.0 Å². The number of nitrogens with zero attached hydrogens (tertiary/aromatic N) is 2. The largest absolute Gasteiger partial charge is 0.370 e. The molecular formula is C13H26N4. The first-order chi connectivity index (χ1) is 8.28. The number of rotatable bonds is 3. The zero-order valence-electron chi connectivity index (χ0n) is 11.0. The molecule has 0 bridgehead atoms. The predicted molar refractivity (Wildman–Crippen MR) is 72.2 cm³/mol. The monoisotopic (exact) mass is 238 g/mol. The number of aliphatic imine (C=N–C) groups is 1. The van der Waals surface area contributed by atoms with Gasteiger partial charge in [-0.2, -0.15) is 0 Å². The highest BCUT2D eigenvalue weighted by molar-refractivity contribution is 5.78. The van der Waals surface area contributed by atoms with Crippen molar-refractivity contribution >= 4 is 5.96 Å². The van der Waals surface area contributed by atoms with Gasteiger partial charge in [0.15, 0.2) is 5.96 Å². The number of hydrogen-bond acceptors (Lipinski definition) is 2. The SMILES string of the molecule is CCN1CCC(N=C(N)NC2CCCC2)CC1. The molecule has 2 rings (SSSR count). The smallest absolute Gasteiger partial charge is 0.189 e. The Labute approximate surface area is 105 Å². The fourth-order valence-electron chi connectivity index (χ4n) is 2.88. The Hall–Kier alpha value is -0.770. The van der Waals surface area contributed by atoms with Crippen molar-refractivity contribution in [2.24, 2.45) is 10.7 Å². The van der Waals surface area contributed by atoms with Crippen molar-refractivity contribution in [2.75, 3.05) is 19.6 Å². The van der Waals surface area contributed by atoms with Gasteiger partial charge in [0.25, 0.3) is 0 Å². The van der Waals surface area contributed by atoms with Gasteiger partial charge in [0.05, 0.1) is 6.04 Å². The van der Waals surface area contributed by atoms with Crippen molar-refractivity contribution in [2.45, 2.75) is 57.5 Å². The lowest BCUT2D eigenvalue weighted by molar-refractivity contribution is 0.224. The lowest BCUT2D eigenvalue weighted by Gasteiger charge is -2.29. The molecule has 0 aromatic rings. The second kappa shape index (κ2) is 6.24. The Bertz CT molecular complexity index is 250. The van der Waals surface area contributed by atoms with E-state index in [0.717, 1.165) is 19.4 Å². The second-order valence-corrected chi connectivity index (χ2v) is 5.31. The third kappa shape index (κ3) is 3.87. The van der Waals surface area contributed by atoms with Crippen molar-refractivity contribution in [1.29, 1.82) is 0 Å². The fourth-order valence-corrected chi connectivity index (χ4v) is 2.88. The zero-order valence-corrected chi connectivity index (χ0v) is 11.0. The van der Waals surface area contributed by atoms with Crippen molar-refractivity contribution in [3.63, 3.8) is 0 Å². The lowest BCUT2D eigenvalue weighted by atomic mass is 10.1. The highest BCUT2D eigenvalue weighted by atomic mass is 15.2. The number of nitrogens with one attached hydrogen (secondary N) is 1. The quantitative estimate of drug-likeness (QED) is 0.576. The Morgan fingerprint density at radius 3 is 2.47 bits per heavy atom. The molecule has 0 aromatic carbocycles. The molecule has 3 N–H and O–H groups in total. The molecule has 4 nitrogen and oxygen atoms in total. The number of piperidine rings is 1. The molecular weight excluding hydrogens is 212 g/mol. The van der Waals surface area contributed by atoms with Crippen LogP contribution in [-0.4, -0.2) is 42.6 Å². The predicted octanol–water partition coefficient (Wildman–Crippen LogP) is 1.32. The topological polar surface area (TPSA) is 53.6 Å². The molecule has 1 aliphatic heterocycles. The molecule has 1 aliphatic carbocycles. The average molecular weight is 238 g/mol. The first-order valence-electron chi connectivity index (χ1n) is 7.10. The van der Waals surface area contributed by atoms with Gasteiger partial charge in [0, 0.05) is 19.1 Å². The highest BCUT2D eigenvalue weighted by Gasteiger charge is 2.19. The fraction of sp³-hybridized carbons (Fsp3) is 0.923. The van der Waals surface area contributed by atoms with E-state index in [4.69, 9.17) is 5.73 Å². The maximum Gasteiger partial charge on any atom is 0.189 e. The summed E-state index contributed by atoms with van der Waals surface area (Å²) in [4.78, 5) is 7.10. The first-order valence-corrected chi connectivity index (χ1v) is 7.10. The van der Waals surface area contributed by atoms with Crippen LogP contribution in [0.15, 0.2) is 4.99 Å². The van der Waals surface area contributed by atoms with Crippen LogP contribution in [-0.2, 0) is 0 Å². The minimum Gasteiger partial charge on any atom is -0.370 e. The molecule has 1 saturated heterocycles. The molecule has 98 valence electrons. The van der Waals surface area contributed by atoms with E-state index in [-0.39, 0.29) is 0 Å². The molecule has 2 fully saturated rings. The number of guanidine groups is 1. The summed E-state index contributed by atoms with van der Waals surface area (Å²) in [5, 5.41) is 3.37. The summed E-state index contributed by atoms with van der Waals surface area (Å²) in [6.07, 6.45) is 7.48. The maximum absolute atomic E-state index is 5.98. The molecule has 0 atom stereocenters. The summed E-state index contributed by atoms with van der Waals surface area (Å²) in [7, 11) is 0. The number of likely N-dealkylation sites (tertiary alicyclic amines) is 1. The van der Waals surface area contributed by atoms with E-state index in [0.29, 0.717) is 18.0 Å². The van der Waals surface area contributed by atoms with Crippen LogP contribution in [0.5, 0.6) is 0 Å². The Morgan fingerprint density at radius 2 is 1.88 bits per heavy atom. The van der Waals surface area contributed by atoms with Crippen LogP contribution in [0.25, 0.3) is 0 Å². The van der Waals surface area contributed by atoms with Gasteiger partial charge in [-0.3, -0.25) is 4.99 Å². The van der Waals surface area contributed by atoms with Crippen molar-refractivity contribution in [3.05, 3.63) is 0 Å². The van der Waals surface area contributed by atoms with Crippen molar-refractivity contribution in [1.82, 2.24) is 10.2 Å². The lowest BCUT2D eigenvalue weighted by Crippen LogP contribution is -2.41. The first kappa shape index (κ1) is 12.7. The van der Waals surface area contributed by atoms with Gasteiger partial charge in [-0.25, -0.2) is 0 Å². The van der Waals surface area contributed by atoms with Crippen molar-refractivity contribution < 1.29 is 0 Å². The highest BCUT2D eigenvalue weighted by Crippen LogP contribution is 2.17. The van der Waals surface area contributed by atoms with E-state index in [1.54, 1.807) is 0 Å². The Balaban J connectivity index is 1.74. The van der Waals surface area contributed by atoms with E-state index in [1.165, 1.54) is 38.8 Å². The number of hydrogen-bond donors (Lipinski definition) is 2. The molecule has 4 heteroatoms. The Kier molecular flexibility index (Phi) is 4.66. The molecule has 1 saturated carbocycles. The summed E-state index contributed by atoms with van der Waals surface area (Å²) in [5.74, 6) is 0.673.